The van der Waals surface area contributed by atoms with E-state index in [9.17, 15) is 18.4 Å². The highest BCUT2D eigenvalue weighted by Gasteiger charge is 2.39. The monoisotopic (exact) mass is 335 g/mol. The molecule has 126 valence electrons. The van der Waals surface area contributed by atoms with Gasteiger partial charge in [0.05, 0.1) is 0 Å². The van der Waals surface area contributed by atoms with Gasteiger partial charge in [-0.2, -0.15) is 5.10 Å². The summed E-state index contributed by atoms with van der Waals surface area (Å²) in [7, 11) is 0. The lowest BCUT2D eigenvalue weighted by atomic mass is 10.2. The van der Waals surface area contributed by atoms with E-state index in [1.165, 1.54) is 30.2 Å². The SMILES string of the molecule is CC(C(=O)O)N(C(=O)c1ccn(-c2ccc(F)cc2F)n1)C1CC1. The fourth-order valence-electron chi connectivity index (χ4n) is 2.50. The van der Waals surface area contributed by atoms with E-state index >= 15 is 0 Å². The van der Waals surface area contributed by atoms with Gasteiger partial charge in [0, 0.05) is 18.3 Å². The van der Waals surface area contributed by atoms with E-state index in [4.69, 9.17) is 5.11 Å². The topological polar surface area (TPSA) is 75.4 Å². The lowest BCUT2D eigenvalue weighted by Gasteiger charge is -2.25. The molecule has 0 spiro atoms. The number of amides is 1. The van der Waals surface area contributed by atoms with Crippen LogP contribution in [0.25, 0.3) is 5.69 Å². The Labute approximate surface area is 136 Å². The molecule has 1 aromatic heterocycles. The van der Waals surface area contributed by atoms with Gasteiger partial charge < -0.3 is 10.0 Å². The standard InChI is InChI=1S/C16H15F2N3O3/c1-9(16(23)24)21(11-3-4-11)15(22)13-6-7-20(19-13)14-5-2-10(17)8-12(14)18/h2,5-9,11H,3-4H2,1H3,(H,23,24). The van der Waals surface area contributed by atoms with Gasteiger partial charge in [-0.15, -0.1) is 0 Å². The number of carboxylic acid groups (broad SMARTS) is 1. The maximum atomic E-state index is 13.8. The third kappa shape index (κ3) is 2.99. The average Bonchev–Trinajstić information content (AvgIpc) is 3.23. The van der Waals surface area contributed by atoms with Crippen molar-refractivity contribution in [2.75, 3.05) is 0 Å². The quantitative estimate of drug-likeness (QED) is 0.909. The maximum absolute atomic E-state index is 13.8. The first-order chi connectivity index (χ1) is 11.4. The number of carboxylic acids is 1. The van der Waals surface area contributed by atoms with Gasteiger partial charge in [-0.3, -0.25) is 4.79 Å². The first kappa shape index (κ1) is 16.1. The Bertz CT molecular complexity index is 802. The number of halogens is 2. The number of carbonyl (C=O) groups excluding carboxylic acids is 1. The van der Waals surface area contributed by atoms with Crippen LogP contribution in [0.4, 0.5) is 8.78 Å². The number of benzene rings is 1. The van der Waals surface area contributed by atoms with Gasteiger partial charge in [0.1, 0.15) is 17.5 Å². The molecular weight excluding hydrogens is 320 g/mol. The number of nitrogens with zero attached hydrogens (tertiary/aromatic N) is 3. The van der Waals surface area contributed by atoms with Crippen LogP contribution in [0.15, 0.2) is 30.5 Å². The van der Waals surface area contributed by atoms with E-state index < -0.39 is 29.6 Å². The number of carbonyl (C=O) groups is 2. The van der Waals surface area contributed by atoms with Crippen LogP contribution < -0.4 is 0 Å². The van der Waals surface area contributed by atoms with Gasteiger partial charge in [0.25, 0.3) is 5.91 Å². The summed E-state index contributed by atoms with van der Waals surface area (Å²) in [6.07, 6.45) is 2.87. The van der Waals surface area contributed by atoms with E-state index in [1.807, 2.05) is 0 Å². The molecule has 1 aliphatic rings. The zero-order valence-corrected chi connectivity index (χ0v) is 12.8. The maximum Gasteiger partial charge on any atom is 0.326 e. The molecule has 1 aromatic carbocycles. The molecule has 0 aliphatic heterocycles. The van der Waals surface area contributed by atoms with Gasteiger partial charge in [-0.25, -0.2) is 18.3 Å². The molecule has 6 nitrogen and oxygen atoms in total. The third-order valence-corrected chi connectivity index (χ3v) is 3.91. The molecule has 1 aliphatic carbocycles. The highest BCUT2D eigenvalue weighted by Crippen LogP contribution is 2.30. The molecular formula is C16H15F2N3O3. The van der Waals surface area contributed by atoms with Crippen molar-refractivity contribution in [1.82, 2.24) is 14.7 Å². The van der Waals surface area contributed by atoms with Crippen LogP contribution in [0, 0.1) is 11.6 Å². The normalized spacial score (nSPS) is 15.1. The molecule has 1 saturated carbocycles. The fraction of sp³-hybridized carbons (Fsp3) is 0.312. The molecule has 3 rings (SSSR count). The number of hydrogen-bond acceptors (Lipinski definition) is 3. The van der Waals surface area contributed by atoms with Crippen LogP contribution in [0.2, 0.25) is 0 Å². The van der Waals surface area contributed by atoms with Crippen molar-refractivity contribution in [2.24, 2.45) is 0 Å². The summed E-state index contributed by atoms with van der Waals surface area (Å²) >= 11 is 0. The highest BCUT2D eigenvalue weighted by atomic mass is 19.1. The zero-order valence-electron chi connectivity index (χ0n) is 12.8. The van der Waals surface area contributed by atoms with Gasteiger partial charge in [-0.1, -0.05) is 0 Å². The summed E-state index contributed by atoms with van der Waals surface area (Å²) in [5.41, 5.74) is 0.0124. The Morgan fingerprint density at radius 3 is 2.62 bits per heavy atom. The molecule has 1 unspecified atom stereocenters. The molecule has 0 saturated heterocycles. The summed E-state index contributed by atoms with van der Waals surface area (Å²) < 4.78 is 27.9. The predicted octanol–water partition coefficient (Wildman–Crippen LogP) is 2.23. The van der Waals surface area contributed by atoms with Crippen molar-refractivity contribution < 1.29 is 23.5 Å². The summed E-state index contributed by atoms with van der Waals surface area (Å²) in [6, 6.07) is 3.32. The van der Waals surface area contributed by atoms with E-state index in [0.29, 0.717) is 0 Å². The smallest absolute Gasteiger partial charge is 0.326 e. The lowest BCUT2D eigenvalue weighted by Crippen LogP contribution is -2.44. The van der Waals surface area contributed by atoms with Crippen LogP contribution in [-0.2, 0) is 4.79 Å². The molecule has 24 heavy (non-hydrogen) atoms. The lowest BCUT2D eigenvalue weighted by molar-refractivity contribution is -0.141. The van der Waals surface area contributed by atoms with E-state index in [2.05, 4.69) is 5.10 Å². The Hall–Kier alpha value is -2.77. The zero-order chi connectivity index (χ0) is 17.4. The van der Waals surface area contributed by atoms with E-state index in [1.54, 1.807) is 0 Å². The van der Waals surface area contributed by atoms with Crippen LogP contribution >= 0.6 is 0 Å². The van der Waals surface area contributed by atoms with Crippen molar-refractivity contribution in [3.05, 3.63) is 47.8 Å². The summed E-state index contributed by atoms with van der Waals surface area (Å²) in [5, 5.41) is 13.2. The van der Waals surface area contributed by atoms with Crippen LogP contribution in [-0.4, -0.2) is 43.7 Å². The molecule has 1 amide bonds. The molecule has 0 bridgehead atoms. The van der Waals surface area contributed by atoms with Crippen LogP contribution in [0.3, 0.4) is 0 Å². The molecule has 2 aromatic rings. The second-order valence-electron chi connectivity index (χ2n) is 5.70. The Kier molecular flexibility index (Phi) is 4.04. The van der Waals surface area contributed by atoms with Crippen molar-refractivity contribution in [3.8, 4) is 5.69 Å². The Balaban J connectivity index is 1.89. The first-order valence-electron chi connectivity index (χ1n) is 7.45. The second kappa shape index (κ2) is 6.03. The summed E-state index contributed by atoms with van der Waals surface area (Å²) in [5.74, 6) is -3.14. The molecule has 1 fully saturated rings. The van der Waals surface area contributed by atoms with Gasteiger partial charge in [-0.05, 0) is 38.0 Å². The first-order valence-corrected chi connectivity index (χ1v) is 7.45. The number of aromatic nitrogens is 2. The second-order valence-corrected chi connectivity index (χ2v) is 5.70. The summed E-state index contributed by atoms with van der Waals surface area (Å²) in [4.78, 5) is 25.1. The minimum absolute atomic E-state index is 0.000273. The van der Waals surface area contributed by atoms with E-state index in [-0.39, 0.29) is 17.4 Å². The largest absolute Gasteiger partial charge is 0.480 e. The van der Waals surface area contributed by atoms with Crippen LogP contribution in [0.1, 0.15) is 30.3 Å². The summed E-state index contributed by atoms with van der Waals surface area (Å²) in [6.45, 7) is 1.44. The van der Waals surface area contributed by atoms with Gasteiger partial charge in [0.2, 0.25) is 0 Å². The number of aliphatic carboxylic acids is 1. The predicted molar refractivity (Wildman–Crippen MR) is 79.8 cm³/mol. The Morgan fingerprint density at radius 1 is 1.33 bits per heavy atom. The average molecular weight is 335 g/mol. The highest BCUT2D eigenvalue weighted by molar-refractivity contribution is 5.95. The molecule has 1 N–H and O–H groups in total. The molecule has 8 heteroatoms. The minimum Gasteiger partial charge on any atom is -0.480 e. The van der Waals surface area contributed by atoms with Crippen LogP contribution in [0.5, 0.6) is 0 Å². The van der Waals surface area contributed by atoms with E-state index in [0.717, 1.165) is 29.7 Å². The number of rotatable bonds is 5. The fourth-order valence-corrected chi connectivity index (χ4v) is 2.50. The molecule has 0 radical (unpaired) electrons. The van der Waals surface area contributed by atoms with Gasteiger partial charge in [0.15, 0.2) is 11.5 Å². The van der Waals surface area contributed by atoms with Crippen molar-refractivity contribution in [3.63, 3.8) is 0 Å². The minimum atomic E-state index is -1.10. The van der Waals surface area contributed by atoms with Crippen molar-refractivity contribution >= 4 is 11.9 Å². The molecule has 1 heterocycles. The number of hydrogen-bond donors (Lipinski definition) is 1. The molecule has 1 atom stereocenters. The third-order valence-electron chi connectivity index (χ3n) is 3.91. The Morgan fingerprint density at radius 2 is 2.04 bits per heavy atom. The van der Waals surface area contributed by atoms with Crippen molar-refractivity contribution in [1.29, 1.82) is 0 Å². The van der Waals surface area contributed by atoms with Crippen molar-refractivity contribution in [2.45, 2.75) is 31.8 Å². The van der Waals surface area contributed by atoms with Gasteiger partial charge >= 0.3 is 5.97 Å².